The number of aromatic nitrogens is 2. The number of benzene rings is 1. The van der Waals surface area contributed by atoms with Crippen molar-refractivity contribution in [3.8, 4) is 0 Å². The molecule has 0 aliphatic carbocycles. The maximum absolute atomic E-state index is 14.5. The molecule has 0 N–H and O–H groups in total. The van der Waals surface area contributed by atoms with E-state index in [-0.39, 0.29) is 10.6 Å². The molecule has 2 aliphatic heterocycles. The van der Waals surface area contributed by atoms with Crippen LogP contribution in [0.25, 0.3) is 16.6 Å². The molecule has 0 amide bonds. The van der Waals surface area contributed by atoms with Gasteiger partial charge in [0.1, 0.15) is 11.6 Å². The second-order valence-electron chi connectivity index (χ2n) is 8.33. The maximum Gasteiger partial charge on any atom is 0.144 e. The van der Waals surface area contributed by atoms with Crippen molar-refractivity contribution >= 4 is 39.6 Å². The first-order chi connectivity index (χ1) is 15.4. The lowest BCUT2D eigenvalue weighted by Gasteiger charge is -2.21. The topological polar surface area (TPSA) is 44.6 Å². The number of nitrogens with zero attached hydrogens (tertiary/aromatic N) is 5. The lowest BCUT2D eigenvalue weighted by Crippen LogP contribution is -2.31. The number of halogens is 3. The Morgan fingerprint density at radius 2 is 1.94 bits per heavy atom. The summed E-state index contributed by atoms with van der Waals surface area (Å²) in [6.07, 6.45) is 4.88. The molecule has 0 bridgehead atoms. The SMILES string of the molecule is CN(C)[C@H]1CCN(c2cnc3ccc(C4=CCN=C4c4cc(Cl)c(F)cc4F)nc3c2)C1. The molecule has 8 heteroatoms. The maximum atomic E-state index is 14.5. The molecule has 0 saturated carbocycles. The molecule has 2 aromatic heterocycles. The molecule has 3 aromatic rings. The minimum Gasteiger partial charge on any atom is -0.369 e. The Balaban J connectivity index is 1.48. The standard InChI is InChI=1S/C24H22ClF2N5/c1-31(2)14-6-8-32(13-14)15-9-23-22(29-12-15)4-3-21(30-23)16-5-7-28-24(16)17-10-18(25)20(27)11-19(17)26/h3-5,9-12,14H,6-8,13H2,1-2H3/t14-/m0/s1. The molecular weight excluding hydrogens is 432 g/mol. The van der Waals surface area contributed by atoms with Crippen LogP contribution in [0, 0.1) is 11.6 Å². The Bertz CT molecular complexity index is 1270. The van der Waals surface area contributed by atoms with E-state index >= 15 is 0 Å². The highest BCUT2D eigenvalue weighted by molar-refractivity contribution is 6.35. The van der Waals surface area contributed by atoms with Crippen molar-refractivity contribution < 1.29 is 8.78 Å². The molecule has 0 radical (unpaired) electrons. The molecular formula is C24H22ClF2N5. The van der Waals surface area contributed by atoms with Crippen LogP contribution in [0.3, 0.4) is 0 Å². The Morgan fingerprint density at radius 1 is 1.09 bits per heavy atom. The lowest BCUT2D eigenvalue weighted by molar-refractivity contribution is 0.315. The molecule has 5 rings (SSSR count). The number of fused-ring (bicyclic) bond motifs is 1. The van der Waals surface area contributed by atoms with Crippen LogP contribution < -0.4 is 4.90 Å². The molecule has 1 atom stereocenters. The van der Waals surface area contributed by atoms with Crippen molar-refractivity contribution in [1.82, 2.24) is 14.9 Å². The van der Waals surface area contributed by atoms with Gasteiger partial charge in [-0.2, -0.15) is 0 Å². The van der Waals surface area contributed by atoms with Crippen LogP contribution in [0.1, 0.15) is 17.7 Å². The fourth-order valence-corrected chi connectivity index (χ4v) is 4.45. The third-order valence-electron chi connectivity index (χ3n) is 6.12. The molecule has 0 spiro atoms. The fraction of sp³-hybridized carbons (Fsp3) is 0.292. The van der Waals surface area contributed by atoms with Gasteiger partial charge < -0.3 is 9.80 Å². The van der Waals surface area contributed by atoms with Crippen LogP contribution in [0.2, 0.25) is 5.02 Å². The van der Waals surface area contributed by atoms with Gasteiger partial charge >= 0.3 is 0 Å². The molecule has 164 valence electrons. The van der Waals surface area contributed by atoms with E-state index < -0.39 is 11.6 Å². The Kier molecular flexibility index (Phi) is 5.39. The largest absolute Gasteiger partial charge is 0.369 e. The van der Waals surface area contributed by atoms with Gasteiger partial charge in [-0.15, -0.1) is 0 Å². The number of likely N-dealkylation sites (N-methyl/N-ethyl adjacent to an activating group) is 1. The first kappa shape index (κ1) is 21.0. The molecule has 1 aromatic carbocycles. The monoisotopic (exact) mass is 453 g/mol. The van der Waals surface area contributed by atoms with Crippen LogP contribution >= 0.6 is 11.6 Å². The minimum absolute atomic E-state index is 0.141. The highest BCUT2D eigenvalue weighted by Gasteiger charge is 2.25. The summed E-state index contributed by atoms with van der Waals surface area (Å²) >= 11 is 5.90. The summed E-state index contributed by atoms with van der Waals surface area (Å²) in [5.74, 6) is -1.49. The van der Waals surface area contributed by atoms with Crippen molar-refractivity contribution in [3.05, 3.63) is 70.5 Å². The number of allylic oxidation sites excluding steroid dienone is 1. The van der Waals surface area contributed by atoms with Crippen molar-refractivity contribution in [2.45, 2.75) is 12.5 Å². The summed E-state index contributed by atoms with van der Waals surface area (Å²) in [5, 5.41) is -0.141. The number of pyridine rings is 2. The predicted octanol–water partition coefficient (Wildman–Crippen LogP) is 4.59. The third kappa shape index (κ3) is 3.76. The van der Waals surface area contributed by atoms with Gasteiger partial charge in [0.15, 0.2) is 0 Å². The molecule has 5 nitrogen and oxygen atoms in total. The van der Waals surface area contributed by atoms with Crippen molar-refractivity contribution in [1.29, 1.82) is 0 Å². The molecule has 32 heavy (non-hydrogen) atoms. The van der Waals surface area contributed by atoms with Crippen LogP contribution in [0.4, 0.5) is 14.5 Å². The van der Waals surface area contributed by atoms with Gasteiger partial charge in [-0.25, -0.2) is 13.8 Å². The highest BCUT2D eigenvalue weighted by atomic mass is 35.5. The quantitative estimate of drug-likeness (QED) is 0.542. The van der Waals surface area contributed by atoms with Crippen LogP contribution in [0.15, 0.2) is 47.6 Å². The van der Waals surface area contributed by atoms with E-state index in [0.717, 1.165) is 42.3 Å². The second kappa shape index (κ2) is 8.22. The summed E-state index contributed by atoms with van der Waals surface area (Å²) in [7, 11) is 4.21. The predicted molar refractivity (Wildman–Crippen MR) is 125 cm³/mol. The highest BCUT2D eigenvalue weighted by Crippen LogP contribution is 2.30. The van der Waals surface area contributed by atoms with Gasteiger partial charge in [0.2, 0.25) is 0 Å². The lowest BCUT2D eigenvalue weighted by atomic mass is 9.99. The van der Waals surface area contributed by atoms with Crippen molar-refractivity contribution in [3.63, 3.8) is 0 Å². The average molecular weight is 454 g/mol. The average Bonchev–Trinajstić information content (AvgIpc) is 3.45. The van der Waals surface area contributed by atoms with Gasteiger partial charge in [-0.1, -0.05) is 17.7 Å². The van der Waals surface area contributed by atoms with Gasteiger partial charge in [0.25, 0.3) is 0 Å². The van der Waals surface area contributed by atoms with Crippen molar-refractivity contribution in [2.24, 2.45) is 4.99 Å². The van der Waals surface area contributed by atoms with E-state index in [0.29, 0.717) is 29.6 Å². The summed E-state index contributed by atoms with van der Waals surface area (Å²) in [4.78, 5) is 18.4. The third-order valence-corrected chi connectivity index (χ3v) is 6.41. The molecule has 4 heterocycles. The smallest absolute Gasteiger partial charge is 0.144 e. The first-order valence-electron chi connectivity index (χ1n) is 10.5. The summed E-state index contributed by atoms with van der Waals surface area (Å²) in [6, 6.07) is 8.38. The van der Waals surface area contributed by atoms with Gasteiger partial charge in [-0.05, 0) is 44.8 Å². The number of rotatable bonds is 4. The van der Waals surface area contributed by atoms with Gasteiger partial charge in [0, 0.05) is 36.3 Å². The first-order valence-corrected chi connectivity index (χ1v) is 10.9. The Labute approximate surface area is 190 Å². The fourth-order valence-electron chi connectivity index (χ4n) is 4.29. The minimum atomic E-state index is -0.794. The van der Waals surface area contributed by atoms with Crippen molar-refractivity contribution in [2.75, 3.05) is 38.6 Å². The number of hydrogen-bond donors (Lipinski definition) is 0. The number of anilines is 1. The van der Waals surface area contributed by atoms with Gasteiger partial charge in [-0.3, -0.25) is 9.98 Å². The van der Waals surface area contributed by atoms with Crippen LogP contribution in [-0.2, 0) is 0 Å². The molecule has 1 saturated heterocycles. The Morgan fingerprint density at radius 3 is 2.72 bits per heavy atom. The van der Waals surface area contributed by atoms with E-state index in [1.165, 1.54) is 6.07 Å². The summed E-state index contributed by atoms with van der Waals surface area (Å²) < 4.78 is 28.1. The van der Waals surface area contributed by atoms with E-state index in [4.69, 9.17) is 16.6 Å². The zero-order chi connectivity index (χ0) is 22.4. The summed E-state index contributed by atoms with van der Waals surface area (Å²) in [6.45, 7) is 2.32. The van der Waals surface area contributed by atoms with Crippen LogP contribution in [0.5, 0.6) is 0 Å². The zero-order valence-electron chi connectivity index (χ0n) is 17.8. The number of aliphatic imine (C=N–C) groups is 1. The van der Waals surface area contributed by atoms with Crippen LogP contribution in [-0.4, -0.2) is 60.4 Å². The van der Waals surface area contributed by atoms with E-state index in [2.05, 4.69) is 33.9 Å². The number of hydrogen-bond acceptors (Lipinski definition) is 5. The summed E-state index contributed by atoms with van der Waals surface area (Å²) in [5.41, 5.74) is 4.55. The normalized spacial score (nSPS) is 18.6. The molecule has 1 fully saturated rings. The zero-order valence-corrected chi connectivity index (χ0v) is 18.6. The Hall–Kier alpha value is -2.90. The van der Waals surface area contributed by atoms with E-state index in [1.54, 1.807) is 0 Å². The van der Waals surface area contributed by atoms with Gasteiger partial charge in [0.05, 0.1) is 45.9 Å². The van der Waals surface area contributed by atoms with E-state index in [9.17, 15) is 8.78 Å². The van der Waals surface area contributed by atoms with E-state index in [1.807, 2.05) is 30.5 Å². The molecule has 0 unspecified atom stereocenters. The molecule has 2 aliphatic rings. The second-order valence-corrected chi connectivity index (χ2v) is 8.74.